The zero-order chi connectivity index (χ0) is 21.4. The average molecular weight is 437 g/mol. The molecule has 1 amide bonds. The number of piperidine rings is 1. The van der Waals surface area contributed by atoms with E-state index < -0.39 is 10.0 Å². The number of fused-ring (bicyclic) bond motifs is 2. The van der Waals surface area contributed by atoms with Crippen molar-refractivity contribution >= 4 is 32.7 Å². The molecule has 0 saturated carbocycles. The predicted molar refractivity (Wildman–Crippen MR) is 119 cm³/mol. The van der Waals surface area contributed by atoms with E-state index in [1.165, 1.54) is 10.9 Å². The van der Waals surface area contributed by atoms with E-state index in [0.29, 0.717) is 43.9 Å². The first-order valence-corrected chi connectivity index (χ1v) is 12.0. The highest BCUT2D eigenvalue weighted by atomic mass is 32.2. The van der Waals surface area contributed by atoms with Gasteiger partial charge in [-0.25, -0.2) is 0 Å². The molecule has 1 aromatic heterocycles. The van der Waals surface area contributed by atoms with Gasteiger partial charge in [0.2, 0.25) is 5.91 Å². The molecule has 1 saturated heterocycles. The number of sulfonamides is 1. The van der Waals surface area contributed by atoms with E-state index in [9.17, 15) is 13.2 Å². The van der Waals surface area contributed by atoms with Crippen LogP contribution in [-0.2, 0) is 21.2 Å². The molecule has 160 valence electrons. The smallest absolute Gasteiger partial charge is 0.285 e. The summed E-state index contributed by atoms with van der Waals surface area (Å²) in [5, 5.41) is 4.26. The van der Waals surface area contributed by atoms with Crippen LogP contribution in [0.2, 0.25) is 0 Å². The summed E-state index contributed by atoms with van der Waals surface area (Å²) in [5.74, 6) is 0.516. The van der Waals surface area contributed by atoms with Crippen molar-refractivity contribution in [2.45, 2.75) is 24.2 Å². The molecule has 8 heteroatoms. The van der Waals surface area contributed by atoms with E-state index in [2.05, 4.69) is 20.8 Å². The standard InChI is InChI=1S/C23H24N4O3S/c28-23(24-12-9-17-15-25-20-7-3-1-5-18(17)20)16-10-13-27(14-11-16)22-19-6-2-4-8-21(19)31(29,30)26-22/h1-8,15-16,25H,9-14H2,(H,24,28). The van der Waals surface area contributed by atoms with Gasteiger partial charge in [-0.1, -0.05) is 30.3 Å². The second-order valence-corrected chi connectivity index (χ2v) is 9.62. The molecule has 0 aliphatic carbocycles. The fourth-order valence-electron chi connectivity index (χ4n) is 4.47. The second-order valence-electron chi connectivity index (χ2n) is 8.05. The summed E-state index contributed by atoms with van der Waals surface area (Å²) in [5.41, 5.74) is 2.96. The van der Waals surface area contributed by atoms with Crippen LogP contribution < -0.4 is 5.32 Å². The van der Waals surface area contributed by atoms with E-state index in [4.69, 9.17) is 0 Å². The minimum atomic E-state index is -3.62. The molecule has 5 rings (SSSR count). The van der Waals surface area contributed by atoms with Crippen molar-refractivity contribution in [1.29, 1.82) is 0 Å². The van der Waals surface area contributed by atoms with Crippen LogP contribution in [0.3, 0.4) is 0 Å². The minimum Gasteiger partial charge on any atom is -0.361 e. The Kier molecular flexibility index (Phi) is 5.02. The van der Waals surface area contributed by atoms with Crippen LogP contribution in [0.1, 0.15) is 24.0 Å². The van der Waals surface area contributed by atoms with Gasteiger partial charge in [0.1, 0.15) is 4.90 Å². The molecule has 2 aliphatic rings. The molecule has 3 aromatic rings. The van der Waals surface area contributed by atoms with Gasteiger partial charge >= 0.3 is 0 Å². The Bertz CT molecular complexity index is 1270. The lowest BCUT2D eigenvalue weighted by Gasteiger charge is -2.32. The molecule has 7 nitrogen and oxygen atoms in total. The lowest BCUT2D eigenvalue weighted by Crippen LogP contribution is -2.43. The van der Waals surface area contributed by atoms with Gasteiger partial charge in [0.05, 0.1) is 0 Å². The number of hydrogen-bond acceptors (Lipinski definition) is 4. The predicted octanol–water partition coefficient (Wildman–Crippen LogP) is 2.69. The normalized spacial score (nSPS) is 18.1. The Hall–Kier alpha value is -3.13. The number of amides is 1. The number of aromatic amines is 1. The fraction of sp³-hybridized carbons (Fsp3) is 0.304. The molecule has 0 radical (unpaired) electrons. The minimum absolute atomic E-state index is 0.0620. The summed E-state index contributed by atoms with van der Waals surface area (Å²) >= 11 is 0. The third-order valence-electron chi connectivity index (χ3n) is 6.15. The summed E-state index contributed by atoms with van der Waals surface area (Å²) in [7, 11) is -3.62. The molecule has 2 aliphatic heterocycles. The van der Waals surface area contributed by atoms with E-state index in [-0.39, 0.29) is 16.7 Å². The summed E-state index contributed by atoms with van der Waals surface area (Å²) in [6, 6.07) is 15.1. The third-order valence-corrected chi connectivity index (χ3v) is 7.47. The highest BCUT2D eigenvalue weighted by molar-refractivity contribution is 7.90. The Morgan fingerprint density at radius 1 is 1.10 bits per heavy atom. The Morgan fingerprint density at radius 2 is 1.84 bits per heavy atom. The fourth-order valence-corrected chi connectivity index (χ4v) is 5.70. The number of amidine groups is 1. The van der Waals surface area contributed by atoms with E-state index >= 15 is 0 Å². The van der Waals surface area contributed by atoms with Gasteiger partial charge in [0, 0.05) is 48.2 Å². The van der Waals surface area contributed by atoms with E-state index in [1.807, 2.05) is 35.4 Å². The molecule has 0 unspecified atom stereocenters. The highest BCUT2D eigenvalue weighted by Gasteiger charge is 2.34. The first kappa shape index (κ1) is 19.8. The molecule has 0 atom stereocenters. The zero-order valence-corrected chi connectivity index (χ0v) is 17.9. The number of H-pyrrole nitrogens is 1. The summed E-state index contributed by atoms with van der Waals surface area (Å²) in [6.45, 7) is 1.83. The van der Waals surface area contributed by atoms with Crippen molar-refractivity contribution in [3.63, 3.8) is 0 Å². The van der Waals surface area contributed by atoms with Crippen molar-refractivity contribution in [3.05, 3.63) is 65.9 Å². The summed E-state index contributed by atoms with van der Waals surface area (Å²) in [4.78, 5) is 18.2. The zero-order valence-electron chi connectivity index (χ0n) is 17.0. The van der Waals surface area contributed by atoms with E-state index in [0.717, 1.165) is 11.9 Å². The van der Waals surface area contributed by atoms with Crippen molar-refractivity contribution in [2.24, 2.45) is 10.3 Å². The molecule has 2 aromatic carbocycles. The lowest BCUT2D eigenvalue weighted by atomic mass is 9.95. The number of para-hydroxylation sites is 1. The summed E-state index contributed by atoms with van der Waals surface area (Å²) in [6.07, 6.45) is 4.14. The molecular formula is C23H24N4O3S. The number of hydrogen-bond donors (Lipinski definition) is 2. The number of nitrogens with one attached hydrogen (secondary N) is 2. The number of nitrogens with zero attached hydrogens (tertiary/aromatic N) is 2. The Morgan fingerprint density at radius 3 is 2.68 bits per heavy atom. The first-order valence-electron chi connectivity index (χ1n) is 10.5. The monoisotopic (exact) mass is 436 g/mol. The molecule has 2 N–H and O–H groups in total. The molecule has 3 heterocycles. The number of likely N-dealkylation sites (tertiary alicyclic amines) is 1. The van der Waals surface area contributed by atoms with Gasteiger partial charge in [-0.05, 0) is 43.0 Å². The van der Waals surface area contributed by atoms with Crippen LogP contribution in [0.4, 0.5) is 0 Å². The SMILES string of the molecule is O=C(NCCc1c[nH]c2ccccc12)C1CCN(C2=NS(=O)(=O)c3ccccc32)CC1. The quantitative estimate of drug-likeness (QED) is 0.657. The number of aromatic nitrogens is 1. The van der Waals surface area contributed by atoms with Crippen molar-refractivity contribution in [1.82, 2.24) is 15.2 Å². The van der Waals surface area contributed by atoms with Crippen molar-refractivity contribution < 1.29 is 13.2 Å². The number of benzene rings is 2. The maximum Gasteiger partial charge on any atom is 0.285 e. The van der Waals surface area contributed by atoms with Crippen LogP contribution in [-0.4, -0.2) is 49.7 Å². The van der Waals surface area contributed by atoms with E-state index in [1.54, 1.807) is 18.2 Å². The van der Waals surface area contributed by atoms with Gasteiger partial charge in [0.25, 0.3) is 10.0 Å². The highest BCUT2D eigenvalue weighted by Crippen LogP contribution is 2.29. The molecule has 0 spiro atoms. The van der Waals surface area contributed by atoms with Crippen LogP contribution >= 0.6 is 0 Å². The lowest BCUT2D eigenvalue weighted by molar-refractivity contribution is -0.126. The third kappa shape index (κ3) is 3.72. The van der Waals surface area contributed by atoms with Gasteiger partial charge in [-0.15, -0.1) is 4.40 Å². The molecular weight excluding hydrogens is 412 g/mol. The number of carbonyl (C=O) groups is 1. The average Bonchev–Trinajstić information content (AvgIpc) is 3.32. The van der Waals surface area contributed by atoms with Crippen LogP contribution in [0, 0.1) is 5.92 Å². The molecule has 31 heavy (non-hydrogen) atoms. The number of rotatable bonds is 4. The summed E-state index contributed by atoms with van der Waals surface area (Å²) < 4.78 is 28.6. The maximum absolute atomic E-state index is 12.7. The topological polar surface area (TPSA) is 94.6 Å². The van der Waals surface area contributed by atoms with Crippen molar-refractivity contribution in [3.8, 4) is 0 Å². The van der Waals surface area contributed by atoms with Crippen molar-refractivity contribution in [2.75, 3.05) is 19.6 Å². The molecule has 1 fully saturated rings. The van der Waals surface area contributed by atoms with Gasteiger partial charge in [-0.3, -0.25) is 4.79 Å². The van der Waals surface area contributed by atoms with Crippen LogP contribution in [0.15, 0.2) is 64.0 Å². The van der Waals surface area contributed by atoms with Gasteiger partial charge in [-0.2, -0.15) is 8.42 Å². The maximum atomic E-state index is 12.7. The van der Waals surface area contributed by atoms with Gasteiger partial charge in [0.15, 0.2) is 5.84 Å². The Balaban J connectivity index is 1.16. The Labute approximate surface area is 181 Å². The largest absolute Gasteiger partial charge is 0.361 e. The first-order chi connectivity index (χ1) is 15.0. The van der Waals surface area contributed by atoms with Crippen LogP contribution in [0.5, 0.6) is 0 Å². The number of carbonyl (C=O) groups excluding carboxylic acids is 1. The van der Waals surface area contributed by atoms with Crippen LogP contribution in [0.25, 0.3) is 10.9 Å². The molecule has 0 bridgehead atoms. The van der Waals surface area contributed by atoms with Gasteiger partial charge < -0.3 is 15.2 Å². The second kappa shape index (κ2) is 7.85.